The molecule has 2 bridgehead atoms. The van der Waals surface area contributed by atoms with E-state index in [0.29, 0.717) is 0 Å². The van der Waals surface area contributed by atoms with Gasteiger partial charge in [0.15, 0.2) is 0 Å². The molecule has 0 nitrogen and oxygen atoms in total. The van der Waals surface area contributed by atoms with Gasteiger partial charge in [0.25, 0.3) is 0 Å². The van der Waals surface area contributed by atoms with Crippen LogP contribution >= 0.6 is 0 Å². The summed E-state index contributed by atoms with van der Waals surface area (Å²) in [5, 5.41) is 0. The third-order valence-electron chi connectivity index (χ3n) is 3.81. The van der Waals surface area contributed by atoms with Crippen molar-refractivity contribution in [1.82, 2.24) is 0 Å². The Labute approximate surface area is 88.1 Å². The molecule has 0 radical (unpaired) electrons. The van der Waals surface area contributed by atoms with Crippen molar-refractivity contribution < 1.29 is 0 Å². The Balaban J connectivity index is 1.98. The molecule has 0 N–H and O–H groups in total. The van der Waals surface area contributed by atoms with Gasteiger partial charge < -0.3 is 0 Å². The van der Waals surface area contributed by atoms with Crippen molar-refractivity contribution in [3.63, 3.8) is 0 Å². The molecule has 14 heavy (non-hydrogen) atoms. The molecule has 0 aromatic rings. The predicted octanol–water partition coefficient (Wildman–Crippen LogP) is 4.34. The van der Waals surface area contributed by atoms with Crippen LogP contribution in [0.5, 0.6) is 0 Å². The second-order valence-corrected chi connectivity index (χ2v) is 4.87. The van der Waals surface area contributed by atoms with Crippen LogP contribution in [0.4, 0.5) is 0 Å². The van der Waals surface area contributed by atoms with Gasteiger partial charge in [-0.3, -0.25) is 0 Å². The molecule has 0 amide bonds. The van der Waals surface area contributed by atoms with Crippen molar-refractivity contribution in [2.75, 3.05) is 0 Å². The van der Waals surface area contributed by atoms with Crippen LogP contribution in [0.3, 0.4) is 0 Å². The lowest BCUT2D eigenvalue weighted by Gasteiger charge is -2.15. The Morgan fingerprint density at radius 2 is 2.14 bits per heavy atom. The first-order valence-corrected chi connectivity index (χ1v) is 6.21. The van der Waals surface area contributed by atoms with Crippen LogP contribution in [-0.2, 0) is 0 Å². The first kappa shape index (κ1) is 10.0. The van der Waals surface area contributed by atoms with Gasteiger partial charge in [-0.2, -0.15) is 0 Å². The van der Waals surface area contributed by atoms with Crippen LogP contribution in [0.2, 0.25) is 0 Å². The van der Waals surface area contributed by atoms with E-state index < -0.39 is 0 Å². The molecule has 3 atom stereocenters. The van der Waals surface area contributed by atoms with Crippen LogP contribution < -0.4 is 0 Å². The Hall–Kier alpha value is -0.520. The van der Waals surface area contributed by atoms with E-state index in [1.54, 1.807) is 5.57 Å². The molecule has 0 aliphatic heterocycles. The van der Waals surface area contributed by atoms with Gasteiger partial charge in [-0.1, -0.05) is 44.1 Å². The smallest absolute Gasteiger partial charge is 0.0162 e. The number of allylic oxidation sites excluding steroid dienone is 4. The van der Waals surface area contributed by atoms with Crippen molar-refractivity contribution in [1.29, 1.82) is 0 Å². The maximum Gasteiger partial charge on any atom is -0.0162 e. The average molecular weight is 190 g/mol. The van der Waals surface area contributed by atoms with Crippen LogP contribution in [0.25, 0.3) is 0 Å². The summed E-state index contributed by atoms with van der Waals surface area (Å²) in [6.07, 6.45) is 14.2. The van der Waals surface area contributed by atoms with Gasteiger partial charge >= 0.3 is 0 Å². The zero-order valence-electron chi connectivity index (χ0n) is 9.50. The quantitative estimate of drug-likeness (QED) is 0.579. The summed E-state index contributed by atoms with van der Waals surface area (Å²) < 4.78 is 0. The summed E-state index contributed by atoms with van der Waals surface area (Å²) in [5.41, 5.74) is 1.69. The minimum absolute atomic E-state index is 0.881. The molecule has 2 rings (SSSR count). The summed E-state index contributed by atoms with van der Waals surface area (Å²) in [6, 6.07) is 0. The molecule has 3 unspecified atom stereocenters. The Morgan fingerprint density at radius 1 is 1.29 bits per heavy atom. The fraction of sp³-hybridized carbons (Fsp3) is 0.714. The van der Waals surface area contributed by atoms with E-state index in [1.165, 1.54) is 32.1 Å². The topological polar surface area (TPSA) is 0 Å². The van der Waals surface area contributed by atoms with Crippen LogP contribution in [0.1, 0.15) is 46.0 Å². The maximum absolute atomic E-state index is 2.59. The van der Waals surface area contributed by atoms with Gasteiger partial charge in [-0.25, -0.2) is 0 Å². The van der Waals surface area contributed by atoms with Crippen molar-refractivity contribution in [2.24, 2.45) is 17.8 Å². The molecular formula is C14H22. The van der Waals surface area contributed by atoms with E-state index in [4.69, 9.17) is 0 Å². The van der Waals surface area contributed by atoms with Gasteiger partial charge in [-0.15, -0.1) is 0 Å². The van der Waals surface area contributed by atoms with Gasteiger partial charge in [0.05, 0.1) is 0 Å². The van der Waals surface area contributed by atoms with Gasteiger partial charge in [0, 0.05) is 0 Å². The van der Waals surface area contributed by atoms with Crippen LogP contribution in [0, 0.1) is 17.8 Å². The standard InChI is InChI=1S/C14H22/c1-3-5-11(4-2)8-14-10-12-6-7-13(14)9-12/h6-8,12-14H,3-5,9-10H2,1-2H3/b11-8-. The molecule has 0 spiro atoms. The minimum atomic E-state index is 0.881. The van der Waals surface area contributed by atoms with Crippen LogP contribution in [0.15, 0.2) is 23.8 Å². The fourth-order valence-electron chi connectivity index (χ4n) is 3.02. The van der Waals surface area contributed by atoms with E-state index in [1.807, 2.05) is 0 Å². The number of rotatable bonds is 4. The highest BCUT2D eigenvalue weighted by Gasteiger charge is 2.34. The molecule has 0 heteroatoms. The SMILES string of the molecule is CCC/C(=C\C1CC2C=CC1C2)CC. The lowest BCUT2D eigenvalue weighted by molar-refractivity contribution is 0.543. The van der Waals surface area contributed by atoms with E-state index in [-0.39, 0.29) is 0 Å². The summed E-state index contributed by atoms with van der Waals surface area (Å²) in [7, 11) is 0. The highest BCUT2D eigenvalue weighted by atomic mass is 14.4. The first-order valence-electron chi connectivity index (χ1n) is 6.21. The third kappa shape index (κ3) is 1.94. The van der Waals surface area contributed by atoms with Gasteiger partial charge in [-0.05, 0) is 43.4 Å². The summed E-state index contributed by atoms with van der Waals surface area (Å²) in [5.74, 6) is 2.69. The molecule has 2 aliphatic rings. The monoisotopic (exact) mass is 190 g/mol. The molecule has 0 heterocycles. The molecule has 1 fully saturated rings. The lowest BCUT2D eigenvalue weighted by Crippen LogP contribution is -2.04. The highest BCUT2D eigenvalue weighted by molar-refractivity contribution is 5.17. The van der Waals surface area contributed by atoms with Gasteiger partial charge in [0.1, 0.15) is 0 Å². The average Bonchev–Trinajstić information content (AvgIpc) is 2.78. The zero-order chi connectivity index (χ0) is 9.97. The highest BCUT2D eigenvalue weighted by Crippen LogP contribution is 2.44. The van der Waals surface area contributed by atoms with Crippen LogP contribution in [-0.4, -0.2) is 0 Å². The van der Waals surface area contributed by atoms with Crippen molar-refractivity contribution in [3.05, 3.63) is 23.8 Å². The summed E-state index contributed by atoms with van der Waals surface area (Å²) in [6.45, 7) is 4.58. The number of hydrogen-bond donors (Lipinski definition) is 0. The Bertz CT molecular complexity index is 247. The Morgan fingerprint density at radius 3 is 2.64 bits per heavy atom. The Kier molecular flexibility index (Phi) is 3.10. The molecule has 78 valence electrons. The molecule has 2 aliphatic carbocycles. The third-order valence-corrected chi connectivity index (χ3v) is 3.81. The maximum atomic E-state index is 2.59. The summed E-state index contributed by atoms with van der Waals surface area (Å²) >= 11 is 0. The zero-order valence-corrected chi connectivity index (χ0v) is 9.50. The molecule has 0 aromatic carbocycles. The molecule has 1 saturated carbocycles. The second-order valence-electron chi connectivity index (χ2n) is 4.87. The number of fused-ring (bicyclic) bond motifs is 2. The number of hydrogen-bond acceptors (Lipinski definition) is 0. The normalized spacial score (nSPS) is 35.6. The van der Waals surface area contributed by atoms with Gasteiger partial charge in [0.2, 0.25) is 0 Å². The summed E-state index contributed by atoms with van der Waals surface area (Å²) in [4.78, 5) is 0. The first-order chi connectivity index (χ1) is 6.83. The second kappa shape index (κ2) is 4.33. The predicted molar refractivity (Wildman–Crippen MR) is 62.1 cm³/mol. The van der Waals surface area contributed by atoms with E-state index in [0.717, 1.165) is 17.8 Å². The molecular weight excluding hydrogens is 168 g/mol. The minimum Gasteiger partial charge on any atom is -0.0851 e. The van der Waals surface area contributed by atoms with Crippen molar-refractivity contribution in [2.45, 2.75) is 46.0 Å². The molecule has 0 aromatic heterocycles. The van der Waals surface area contributed by atoms with Crippen molar-refractivity contribution in [3.8, 4) is 0 Å². The lowest BCUT2D eigenvalue weighted by atomic mass is 9.90. The molecule has 0 saturated heterocycles. The van der Waals surface area contributed by atoms with E-state index >= 15 is 0 Å². The van der Waals surface area contributed by atoms with Crippen molar-refractivity contribution >= 4 is 0 Å². The fourth-order valence-corrected chi connectivity index (χ4v) is 3.02. The van der Waals surface area contributed by atoms with E-state index in [9.17, 15) is 0 Å². The van der Waals surface area contributed by atoms with E-state index in [2.05, 4.69) is 32.1 Å². The largest absolute Gasteiger partial charge is 0.0851 e.